The summed E-state index contributed by atoms with van der Waals surface area (Å²) in [6.07, 6.45) is 1.04. The molecule has 5 heteroatoms. The maximum absolute atomic E-state index is 13.4. The highest BCUT2D eigenvalue weighted by molar-refractivity contribution is 5.88. The highest BCUT2D eigenvalue weighted by Gasteiger charge is 2.34. The van der Waals surface area contributed by atoms with Crippen LogP contribution in [-0.4, -0.2) is 56.0 Å². The number of carbonyl (C=O) groups excluding carboxylic acids is 1. The van der Waals surface area contributed by atoms with Crippen LogP contribution in [0.2, 0.25) is 0 Å². The van der Waals surface area contributed by atoms with Crippen LogP contribution in [0.1, 0.15) is 53.5 Å². The zero-order valence-electron chi connectivity index (χ0n) is 19.3. The van der Waals surface area contributed by atoms with Gasteiger partial charge in [-0.25, -0.2) is 0 Å². The first-order valence-corrected chi connectivity index (χ1v) is 10.5. The van der Waals surface area contributed by atoms with Crippen LogP contribution in [0.5, 0.6) is 0 Å². The third kappa shape index (κ3) is 7.34. The molecule has 1 amide bonds. The van der Waals surface area contributed by atoms with Crippen LogP contribution >= 0.6 is 0 Å². The molecule has 0 aliphatic carbocycles. The minimum atomic E-state index is -0.600. The summed E-state index contributed by atoms with van der Waals surface area (Å²) in [4.78, 5) is 17.6. The van der Waals surface area contributed by atoms with Crippen LogP contribution in [-0.2, 0) is 10.2 Å². The normalized spacial score (nSPS) is 12.1. The van der Waals surface area contributed by atoms with Gasteiger partial charge in [0.05, 0.1) is 16.8 Å². The first kappa shape index (κ1) is 24.3. The maximum atomic E-state index is 13.4. The largest absolute Gasteiger partial charge is 0.397 e. The zero-order chi connectivity index (χ0) is 21.5. The number of hydrogen-bond acceptors (Lipinski definition) is 4. The zero-order valence-corrected chi connectivity index (χ0v) is 19.3. The van der Waals surface area contributed by atoms with Crippen molar-refractivity contribution >= 4 is 17.3 Å². The Morgan fingerprint density at radius 3 is 2.18 bits per heavy atom. The molecule has 28 heavy (non-hydrogen) atoms. The van der Waals surface area contributed by atoms with Gasteiger partial charge in [-0.05, 0) is 70.4 Å². The molecule has 0 fully saturated rings. The van der Waals surface area contributed by atoms with Crippen molar-refractivity contribution in [2.45, 2.75) is 53.4 Å². The third-order valence-electron chi connectivity index (χ3n) is 4.87. The van der Waals surface area contributed by atoms with E-state index in [4.69, 9.17) is 5.73 Å². The molecular weight excluding hydrogens is 348 g/mol. The first-order chi connectivity index (χ1) is 12.9. The molecular formula is C23H42N4O. The molecule has 0 atom stereocenters. The molecule has 0 saturated heterocycles. The minimum Gasteiger partial charge on any atom is -0.397 e. The monoisotopic (exact) mass is 390 g/mol. The summed E-state index contributed by atoms with van der Waals surface area (Å²) in [7, 11) is 4.15. The van der Waals surface area contributed by atoms with Crippen molar-refractivity contribution in [2.75, 3.05) is 51.3 Å². The van der Waals surface area contributed by atoms with Crippen LogP contribution in [0.25, 0.3) is 0 Å². The molecule has 160 valence electrons. The van der Waals surface area contributed by atoms with Gasteiger partial charge in [0.15, 0.2) is 0 Å². The van der Waals surface area contributed by atoms with Gasteiger partial charge in [-0.1, -0.05) is 33.8 Å². The summed E-state index contributed by atoms with van der Waals surface area (Å²) in [5.41, 5.74) is 8.21. The fourth-order valence-corrected chi connectivity index (χ4v) is 3.36. The summed E-state index contributed by atoms with van der Waals surface area (Å²) in [6.45, 7) is 16.1. The number of hydrogen-bond donors (Lipinski definition) is 2. The van der Waals surface area contributed by atoms with E-state index in [-0.39, 0.29) is 5.91 Å². The van der Waals surface area contributed by atoms with Crippen LogP contribution < -0.4 is 11.1 Å². The van der Waals surface area contributed by atoms with Gasteiger partial charge < -0.3 is 20.9 Å². The number of nitrogens with zero attached hydrogens (tertiary/aromatic N) is 2. The van der Waals surface area contributed by atoms with Gasteiger partial charge in [0.1, 0.15) is 0 Å². The Morgan fingerprint density at radius 2 is 1.68 bits per heavy atom. The Labute approximate surface area is 172 Å². The second kappa shape index (κ2) is 10.7. The lowest BCUT2D eigenvalue weighted by Crippen LogP contribution is -2.46. The van der Waals surface area contributed by atoms with Gasteiger partial charge in [0.2, 0.25) is 5.91 Å². The lowest BCUT2D eigenvalue weighted by Gasteiger charge is -2.35. The van der Waals surface area contributed by atoms with E-state index in [1.807, 2.05) is 36.9 Å². The molecule has 3 N–H and O–H groups in total. The Hall–Kier alpha value is -1.75. The molecule has 1 aromatic rings. The fourth-order valence-electron chi connectivity index (χ4n) is 3.36. The smallest absolute Gasteiger partial charge is 0.232 e. The van der Waals surface area contributed by atoms with Gasteiger partial charge in [-0.3, -0.25) is 4.79 Å². The SMILES string of the molecule is CC(C)CN(CC(C)C)C(=O)C(C)(C)c1ccc(N)c(NCCCN(C)C)c1. The summed E-state index contributed by atoms with van der Waals surface area (Å²) in [6, 6.07) is 5.95. The summed E-state index contributed by atoms with van der Waals surface area (Å²) in [5, 5.41) is 3.44. The van der Waals surface area contributed by atoms with E-state index >= 15 is 0 Å². The topological polar surface area (TPSA) is 61.6 Å². The van der Waals surface area contributed by atoms with Crippen molar-refractivity contribution in [1.29, 1.82) is 0 Å². The molecule has 0 aromatic heterocycles. The number of benzene rings is 1. The first-order valence-electron chi connectivity index (χ1n) is 10.5. The van der Waals surface area contributed by atoms with Crippen molar-refractivity contribution in [3.05, 3.63) is 23.8 Å². The van der Waals surface area contributed by atoms with Crippen molar-refractivity contribution in [3.8, 4) is 0 Å². The molecule has 0 heterocycles. The molecule has 0 unspecified atom stereocenters. The number of nitrogen functional groups attached to an aromatic ring is 1. The molecule has 5 nitrogen and oxygen atoms in total. The quantitative estimate of drug-likeness (QED) is 0.442. The van der Waals surface area contributed by atoms with Crippen molar-refractivity contribution < 1.29 is 4.79 Å². The lowest BCUT2D eigenvalue weighted by molar-refractivity contribution is -0.137. The number of carbonyl (C=O) groups is 1. The molecule has 0 aliphatic rings. The number of nitrogens with one attached hydrogen (secondary N) is 1. The van der Waals surface area contributed by atoms with Gasteiger partial charge in [0.25, 0.3) is 0 Å². The Kier molecular flexibility index (Phi) is 9.28. The summed E-state index contributed by atoms with van der Waals surface area (Å²) < 4.78 is 0. The Morgan fingerprint density at radius 1 is 1.11 bits per heavy atom. The van der Waals surface area contributed by atoms with E-state index in [0.717, 1.165) is 49.5 Å². The molecule has 0 spiro atoms. The van der Waals surface area contributed by atoms with Gasteiger partial charge in [-0.2, -0.15) is 0 Å². The molecule has 0 aliphatic heterocycles. The van der Waals surface area contributed by atoms with E-state index in [1.54, 1.807) is 0 Å². The standard InChI is InChI=1S/C23H42N4O/c1-17(2)15-27(16-18(3)4)22(28)23(5,6)19-10-11-20(24)21(14-19)25-12-9-13-26(7)8/h10-11,14,17-18,25H,9,12-13,15-16,24H2,1-8H3. The summed E-state index contributed by atoms with van der Waals surface area (Å²) in [5.74, 6) is 1.07. The fraction of sp³-hybridized carbons (Fsp3) is 0.696. The van der Waals surface area contributed by atoms with Crippen LogP contribution in [0, 0.1) is 11.8 Å². The molecule has 0 saturated carbocycles. The average Bonchev–Trinajstić information content (AvgIpc) is 2.57. The number of nitrogens with two attached hydrogens (primary N) is 1. The Balaban J connectivity index is 3.01. The number of amides is 1. The number of anilines is 2. The highest BCUT2D eigenvalue weighted by Crippen LogP contribution is 2.31. The van der Waals surface area contributed by atoms with E-state index in [2.05, 4.69) is 52.0 Å². The predicted octanol–water partition coefficient (Wildman–Crippen LogP) is 4.05. The minimum absolute atomic E-state index is 0.179. The molecule has 1 rings (SSSR count). The van der Waals surface area contributed by atoms with Crippen molar-refractivity contribution in [3.63, 3.8) is 0 Å². The van der Waals surface area contributed by atoms with Crippen molar-refractivity contribution in [2.24, 2.45) is 11.8 Å². The van der Waals surface area contributed by atoms with E-state index in [9.17, 15) is 4.79 Å². The van der Waals surface area contributed by atoms with Gasteiger partial charge in [0, 0.05) is 19.6 Å². The molecule has 0 bridgehead atoms. The second-order valence-corrected chi connectivity index (χ2v) is 9.51. The predicted molar refractivity (Wildman–Crippen MR) is 122 cm³/mol. The van der Waals surface area contributed by atoms with E-state index < -0.39 is 5.41 Å². The van der Waals surface area contributed by atoms with Gasteiger partial charge >= 0.3 is 0 Å². The second-order valence-electron chi connectivity index (χ2n) is 9.51. The van der Waals surface area contributed by atoms with Crippen LogP contribution in [0.4, 0.5) is 11.4 Å². The lowest BCUT2D eigenvalue weighted by atomic mass is 9.82. The molecule has 1 aromatic carbocycles. The third-order valence-corrected chi connectivity index (χ3v) is 4.87. The summed E-state index contributed by atoms with van der Waals surface area (Å²) >= 11 is 0. The van der Waals surface area contributed by atoms with Crippen LogP contribution in [0.15, 0.2) is 18.2 Å². The van der Waals surface area contributed by atoms with Gasteiger partial charge in [-0.15, -0.1) is 0 Å². The average molecular weight is 391 g/mol. The van der Waals surface area contributed by atoms with E-state index in [1.165, 1.54) is 0 Å². The Bertz CT molecular complexity index is 613. The van der Waals surface area contributed by atoms with Crippen molar-refractivity contribution in [1.82, 2.24) is 9.80 Å². The van der Waals surface area contributed by atoms with E-state index in [0.29, 0.717) is 11.8 Å². The maximum Gasteiger partial charge on any atom is 0.232 e. The number of rotatable bonds is 11. The molecule has 0 radical (unpaired) electrons. The van der Waals surface area contributed by atoms with Crippen LogP contribution in [0.3, 0.4) is 0 Å². The highest BCUT2D eigenvalue weighted by atomic mass is 16.2.